The van der Waals surface area contributed by atoms with Crippen LogP contribution in [-0.2, 0) is 11.8 Å². The Morgan fingerprint density at radius 1 is 0.864 bits per heavy atom. The third-order valence-electron chi connectivity index (χ3n) is 4.70. The van der Waals surface area contributed by atoms with Gasteiger partial charge in [-0.25, -0.2) is 0 Å². The van der Waals surface area contributed by atoms with Crippen LogP contribution in [0.25, 0.3) is 17.2 Å². The number of rotatable bonds is 2. The summed E-state index contributed by atoms with van der Waals surface area (Å²) in [5.41, 5.74) is 8.86. The second-order valence-electron chi connectivity index (χ2n) is 7.72. The van der Waals surface area contributed by atoms with Crippen molar-refractivity contribution >= 4 is 6.08 Å². The highest BCUT2D eigenvalue weighted by atomic mass is 14.3. The van der Waals surface area contributed by atoms with Gasteiger partial charge >= 0.3 is 0 Å². The number of hydrogen-bond acceptors (Lipinski definition) is 0. The first-order valence-electron chi connectivity index (χ1n) is 8.30. The maximum atomic E-state index is 2.39. The zero-order valence-corrected chi connectivity index (χ0v) is 14.4. The summed E-state index contributed by atoms with van der Waals surface area (Å²) in [6.45, 7) is 11.5. The Kier molecular flexibility index (Phi) is 3.72. The Balaban J connectivity index is 2.14. The summed E-state index contributed by atoms with van der Waals surface area (Å²) in [5, 5.41) is 0. The molecule has 0 saturated heterocycles. The van der Waals surface area contributed by atoms with Gasteiger partial charge in [-0.3, -0.25) is 0 Å². The van der Waals surface area contributed by atoms with Crippen LogP contribution in [0.3, 0.4) is 0 Å². The van der Waals surface area contributed by atoms with E-state index < -0.39 is 0 Å². The SMILES string of the molecule is CC(C)C1=Cc2cccc(-c3ccccc3C(C)(C)C)c2C1. The minimum Gasteiger partial charge on any atom is -0.0626 e. The minimum atomic E-state index is 0.159. The molecule has 0 radical (unpaired) electrons. The van der Waals surface area contributed by atoms with Gasteiger partial charge in [0.1, 0.15) is 0 Å². The van der Waals surface area contributed by atoms with Crippen molar-refractivity contribution in [3.8, 4) is 11.1 Å². The van der Waals surface area contributed by atoms with Crippen LogP contribution in [-0.4, -0.2) is 0 Å². The average molecular weight is 290 g/mol. The van der Waals surface area contributed by atoms with Crippen molar-refractivity contribution in [2.75, 3.05) is 0 Å². The van der Waals surface area contributed by atoms with Gasteiger partial charge in [0.2, 0.25) is 0 Å². The maximum absolute atomic E-state index is 2.39. The van der Waals surface area contributed by atoms with E-state index in [2.05, 4.69) is 83.2 Å². The molecule has 114 valence electrons. The normalized spacial score (nSPS) is 14.2. The number of hydrogen-bond donors (Lipinski definition) is 0. The molecular formula is C22H26. The Bertz CT molecular complexity index is 724. The molecule has 0 atom stereocenters. The van der Waals surface area contributed by atoms with E-state index in [0.717, 1.165) is 6.42 Å². The van der Waals surface area contributed by atoms with E-state index >= 15 is 0 Å². The van der Waals surface area contributed by atoms with E-state index in [-0.39, 0.29) is 5.41 Å². The molecule has 3 rings (SSSR count). The summed E-state index contributed by atoms with van der Waals surface area (Å²) in [7, 11) is 0. The quantitative estimate of drug-likeness (QED) is 0.613. The Morgan fingerprint density at radius 2 is 1.55 bits per heavy atom. The van der Waals surface area contributed by atoms with Gasteiger partial charge in [-0.05, 0) is 45.6 Å². The van der Waals surface area contributed by atoms with Crippen molar-refractivity contribution < 1.29 is 0 Å². The highest BCUT2D eigenvalue weighted by Crippen LogP contribution is 2.39. The van der Waals surface area contributed by atoms with E-state index in [1.807, 2.05) is 0 Å². The molecule has 0 aliphatic heterocycles. The lowest BCUT2D eigenvalue weighted by Gasteiger charge is -2.24. The second kappa shape index (κ2) is 5.43. The molecule has 1 aliphatic rings. The first-order valence-corrected chi connectivity index (χ1v) is 8.30. The van der Waals surface area contributed by atoms with Crippen LogP contribution in [0.5, 0.6) is 0 Å². The number of benzene rings is 2. The van der Waals surface area contributed by atoms with Gasteiger partial charge in [0, 0.05) is 0 Å². The molecule has 0 amide bonds. The van der Waals surface area contributed by atoms with Crippen LogP contribution in [0, 0.1) is 5.92 Å². The van der Waals surface area contributed by atoms with Crippen LogP contribution < -0.4 is 0 Å². The van der Waals surface area contributed by atoms with Crippen molar-refractivity contribution in [3.05, 3.63) is 64.7 Å². The fourth-order valence-corrected chi connectivity index (χ4v) is 3.39. The molecule has 22 heavy (non-hydrogen) atoms. The van der Waals surface area contributed by atoms with Gasteiger partial charge in [-0.2, -0.15) is 0 Å². The molecular weight excluding hydrogens is 264 g/mol. The average Bonchev–Trinajstić information content (AvgIpc) is 2.90. The predicted molar refractivity (Wildman–Crippen MR) is 97.1 cm³/mol. The van der Waals surface area contributed by atoms with Gasteiger partial charge < -0.3 is 0 Å². The first kappa shape index (κ1) is 15.1. The summed E-state index contributed by atoms with van der Waals surface area (Å²) in [6, 6.07) is 15.6. The molecule has 0 saturated carbocycles. The maximum Gasteiger partial charge on any atom is -0.00491 e. The van der Waals surface area contributed by atoms with Gasteiger partial charge in [0.15, 0.2) is 0 Å². The van der Waals surface area contributed by atoms with Gasteiger partial charge in [0.25, 0.3) is 0 Å². The lowest BCUT2D eigenvalue weighted by Crippen LogP contribution is -2.13. The van der Waals surface area contributed by atoms with E-state index in [1.54, 1.807) is 5.57 Å². The molecule has 1 aliphatic carbocycles. The topological polar surface area (TPSA) is 0 Å². The smallest absolute Gasteiger partial charge is 0.00491 e. The predicted octanol–water partition coefficient (Wildman–Crippen LogP) is 6.25. The minimum absolute atomic E-state index is 0.159. The molecule has 0 N–H and O–H groups in total. The van der Waals surface area contributed by atoms with Crippen LogP contribution in [0.15, 0.2) is 48.0 Å². The second-order valence-corrected chi connectivity index (χ2v) is 7.72. The monoisotopic (exact) mass is 290 g/mol. The molecule has 0 heterocycles. The van der Waals surface area contributed by atoms with Gasteiger partial charge in [-0.15, -0.1) is 0 Å². The summed E-state index contributed by atoms with van der Waals surface area (Å²) in [4.78, 5) is 0. The summed E-state index contributed by atoms with van der Waals surface area (Å²) in [6.07, 6.45) is 3.49. The zero-order chi connectivity index (χ0) is 15.9. The van der Waals surface area contributed by atoms with Crippen molar-refractivity contribution in [1.82, 2.24) is 0 Å². The summed E-state index contributed by atoms with van der Waals surface area (Å²) in [5.74, 6) is 0.623. The lowest BCUT2D eigenvalue weighted by atomic mass is 9.80. The van der Waals surface area contributed by atoms with Crippen LogP contribution in [0.4, 0.5) is 0 Å². The third-order valence-corrected chi connectivity index (χ3v) is 4.70. The van der Waals surface area contributed by atoms with Crippen LogP contribution in [0.2, 0.25) is 0 Å². The number of allylic oxidation sites excluding steroid dienone is 1. The summed E-state index contributed by atoms with van der Waals surface area (Å²) < 4.78 is 0. The molecule has 0 heteroatoms. The Morgan fingerprint density at radius 3 is 2.23 bits per heavy atom. The van der Waals surface area contributed by atoms with E-state index in [0.29, 0.717) is 5.92 Å². The standard InChI is InChI=1S/C22H26/c1-15(2)17-13-16-9-8-11-18(20(16)14-17)19-10-6-7-12-21(19)22(3,4)5/h6-13,15H,14H2,1-5H3. The van der Waals surface area contributed by atoms with E-state index in [4.69, 9.17) is 0 Å². The van der Waals surface area contributed by atoms with Crippen molar-refractivity contribution in [2.24, 2.45) is 5.92 Å². The van der Waals surface area contributed by atoms with Crippen molar-refractivity contribution in [2.45, 2.75) is 46.5 Å². The van der Waals surface area contributed by atoms with E-state index in [1.165, 1.54) is 27.8 Å². The fourth-order valence-electron chi connectivity index (χ4n) is 3.39. The Hall–Kier alpha value is -1.82. The molecule has 0 unspecified atom stereocenters. The highest BCUT2D eigenvalue weighted by Gasteiger charge is 2.23. The molecule has 0 bridgehead atoms. The van der Waals surface area contributed by atoms with Crippen molar-refractivity contribution in [1.29, 1.82) is 0 Å². The van der Waals surface area contributed by atoms with Crippen LogP contribution in [0.1, 0.15) is 51.3 Å². The van der Waals surface area contributed by atoms with E-state index in [9.17, 15) is 0 Å². The first-order chi connectivity index (χ1) is 10.4. The number of fused-ring (bicyclic) bond motifs is 1. The molecule has 0 spiro atoms. The third kappa shape index (κ3) is 2.63. The summed E-state index contributed by atoms with van der Waals surface area (Å²) >= 11 is 0. The van der Waals surface area contributed by atoms with Gasteiger partial charge in [-0.1, -0.05) is 88.7 Å². The Labute approximate surface area is 134 Å². The molecule has 2 aromatic carbocycles. The van der Waals surface area contributed by atoms with Crippen molar-refractivity contribution in [3.63, 3.8) is 0 Å². The fraction of sp³-hybridized carbons (Fsp3) is 0.364. The van der Waals surface area contributed by atoms with Crippen LogP contribution >= 0.6 is 0 Å². The molecule has 2 aromatic rings. The molecule has 0 nitrogen and oxygen atoms in total. The zero-order valence-electron chi connectivity index (χ0n) is 14.4. The molecule has 0 aromatic heterocycles. The van der Waals surface area contributed by atoms with Gasteiger partial charge in [0.05, 0.1) is 0 Å². The lowest BCUT2D eigenvalue weighted by molar-refractivity contribution is 0.592. The molecule has 0 fully saturated rings. The highest BCUT2D eigenvalue weighted by molar-refractivity contribution is 5.79. The largest absolute Gasteiger partial charge is 0.0626 e.